The minimum absolute atomic E-state index is 0.285. The molecule has 4 nitrogen and oxygen atoms in total. The van der Waals surface area contributed by atoms with Crippen LogP contribution in [0.15, 0.2) is 54.7 Å². The Balaban J connectivity index is 1.65. The fraction of sp³-hybridized carbons (Fsp3) is 0.318. The Labute approximate surface area is 154 Å². The van der Waals surface area contributed by atoms with Crippen LogP contribution in [0, 0.1) is 5.92 Å². The van der Waals surface area contributed by atoms with Crippen LogP contribution >= 0.6 is 0 Å². The number of nitrogens with zero attached hydrogens (tertiary/aromatic N) is 2. The first-order valence-corrected chi connectivity index (χ1v) is 9.12. The molecule has 1 saturated heterocycles. The number of aromatic nitrogens is 1. The van der Waals surface area contributed by atoms with Crippen LogP contribution in [0.2, 0.25) is 0 Å². The molecule has 1 atom stereocenters. The summed E-state index contributed by atoms with van der Waals surface area (Å²) in [7, 11) is 1.71. The fourth-order valence-electron chi connectivity index (χ4n) is 3.76. The minimum Gasteiger partial charge on any atom is -0.496 e. The van der Waals surface area contributed by atoms with E-state index in [4.69, 9.17) is 4.74 Å². The van der Waals surface area contributed by atoms with Crippen molar-refractivity contribution in [1.29, 1.82) is 0 Å². The Morgan fingerprint density at radius 2 is 2.08 bits per heavy atom. The molecule has 4 heteroatoms. The predicted molar refractivity (Wildman–Crippen MR) is 104 cm³/mol. The van der Waals surface area contributed by atoms with E-state index in [0.29, 0.717) is 5.92 Å². The zero-order chi connectivity index (χ0) is 17.9. The third-order valence-corrected chi connectivity index (χ3v) is 5.20. The monoisotopic (exact) mass is 348 g/mol. The van der Waals surface area contributed by atoms with Crippen LogP contribution in [0.3, 0.4) is 0 Å². The van der Waals surface area contributed by atoms with Crippen molar-refractivity contribution in [3.63, 3.8) is 0 Å². The summed E-state index contributed by atoms with van der Waals surface area (Å²) < 4.78 is 5.60. The highest BCUT2D eigenvalue weighted by atomic mass is 16.5. The topological polar surface area (TPSA) is 45.6 Å². The molecule has 1 aliphatic heterocycles. The van der Waals surface area contributed by atoms with Gasteiger partial charge in [0.1, 0.15) is 5.75 Å². The normalized spacial score (nSPS) is 17.7. The second kappa shape index (κ2) is 7.44. The van der Waals surface area contributed by atoms with Crippen LogP contribution in [0.5, 0.6) is 5.75 Å². The molecule has 3 aromatic rings. The van der Waals surface area contributed by atoms with Crippen molar-refractivity contribution < 1.29 is 9.84 Å². The molecule has 0 bridgehead atoms. The molecular weight excluding hydrogens is 324 g/mol. The van der Waals surface area contributed by atoms with Crippen molar-refractivity contribution >= 4 is 10.9 Å². The number of benzene rings is 2. The molecule has 2 aromatic carbocycles. The van der Waals surface area contributed by atoms with E-state index in [1.54, 1.807) is 7.11 Å². The zero-order valence-electron chi connectivity index (χ0n) is 15.1. The number of hydrogen-bond donors (Lipinski definition) is 1. The maximum absolute atomic E-state index is 9.35. The smallest absolute Gasteiger partial charge is 0.126 e. The summed E-state index contributed by atoms with van der Waals surface area (Å²) in [6, 6.07) is 16.7. The van der Waals surface area contributed by atoms with Gasteiger partial charge in [-0.1, -0.05) is 24.3 Å². The molecular formula is C22H24N2O2. The number of ether oxygens (including phenoxy) is 1. The molecule has 0 aliphatic carbocycles. The van der Waals surface area contributed by atoms with Gasteiger partial charge < -0.3 is 9.84 Å². The zero-order valence-corrected chi connectivity index (χ0v) is 15.1. The third kappa shape index (κ3) is 3.43. The van der Waals surface area contributed by atoms with E-state index in [0.717, 1.165) is 53.8 Å². The number of hydrogen-bond acceptors (Lipinski definition) is 4. The van der Waals surface area contributed by atoms with Gasteiger partial charge in [-0.25, -0.2) is 0 Å². The first kappa shape index (κ1) is 17.0. The SMILES string of the molecule is COc1ccc(CN2CCC(CO)C2)cc1-c1cnc2ccccc2c1. The van der Waals surface area contributed by atoms with Crippen molar-refractivity contribution in [2.45, 2.75) is 13.0 Å². The number of pyridine rings is 1. The summed E-state index contributed by atoms with van der Waals surface area (Å²) in [5.74, 6) is 1.28. The summed E-state index contributed by atoms with van der Waals surface area (Å²) in [5.41, 5.74) is 4.39. The maximum atomic E-state index is 9.35. The quantitative estimate of drug-likeness (QED) is 0.763. The highest BCUT2D eigenvalue weighted by Gasteiger charge is 2.22. The summed E-state index contributed by atoms with van der Waals surface area (Å²) >= 11 is 0. The van der Waals surface area contributed by atoms with Crippen LogP contribution < -0.4 is 4.74 Å². The second-order valence-corrected chi connectivity index (χ2v) is 7.02. The van der Waals surface area contributed by atoms with Crippen LogP contribution in [0.25, 0.3) is 22.0 Å². The maximum Gasteiger partial charge on any atom is 0.126 e. The van der Waals surface area contributed by atoms with E-state index >= 15 is 0 Å². The van der Waals surface area contributed by atoms with Crippen LogP contribution in [-0.2, 0) is 6.54 Å². The lowest BCUT2D eigenvalue weighted by atomic mass is 10.0. The van der Waals surface area contributed by atoms with Gasteiger partial charge in [0, 0.05) is 42.4 Å². The Hall–Kier alpha value is -2.43. The van der Waals surface area contributed by atoms with Gasteiger partial charge in [-0.05, 0) is 48.7 Å². The molecule has 1 N–H and O–H groups in total. The molecule has 0 spiro atoms. The van der Waals surface area contributed by atoms with E-state index in [2.05, 4.69) is 34.1 Å². The molecule has 1 aromatic heterocycles. The van der Waals surface area contributed by atoms with Crippen molar-refractivity contribution in [1.82, 2.24) is 9.88 Å². The Kier molecular flexibility index (Phi) is 4.87. The molecule has 0 radical (unpaired) electrons. The lowest BCUT2D eigenvalue weighted by Crippen LogP contribution is -2.21. The fourth-order valence-corrected chi connectivity index (χ4v) is 3.76. The van der Waals surface area contributed by atoms with Crippen molar-refractivity contribution in [3.8, 4) is 16.9 Å². The average molecular weight is 348 g/mol. The van der Waals surface area contributed by atoms with Gasteiger partial charge in [-0.2, -0.15) is 0 Å². The lowest BCUT2D eigenvalue weighted by molar-refractivity contribution is 0.220. The molecule has 0 amide bonds. The number of rotatable bonds is 5. The Bertz CT molecular complexity index is 910. The average Bonchev–Trinajstić information content (AvgIpc) is 3.15. The Morgan fingerprint density at radius 3 is 2.88 bits per heavy atom. The number of aliphatic hydroxyl groups excluding tert-OH is 1. The molecule has 1 unspecified atom stereocenters. The van der Waals surface area contributed by atoms with Crippen molar-refractivity contribution in [2.75, 3.05) is 26.8 Å². The minimum atomic E-state index is 0.285. The van der Waals surface area contributed by atoms with E-state index in [1.165, 1.54) is 5.56 Å². The van der Waals surface area contributed by atoms with Gasteiger partial charge in [-0.15, -0.1) is 0 Å². The highest BCUT2D eigenvalue weighted by molar-refractivity contribution is 5.84. The van der Waals surface area contributed by atoms with E-state index in [1.807, 2.05) is 30.5 Å². The van der Waals surface area contributed by atoms with Crippen LogP contribution in [0.1, 0.15) is 12.0 Å². The lowest BCUT2D eigenvalue weighted by Gasteiger charge is -2.17. The summed E-state index contributed by atoms with van der Waals surface area (Å²) in [5, 5.41) is 10.5. The molecule has 1 fully saturated rings. The van der Waals surface area contributed by atoms with Crippen LogP contribution in [-0.4, -0.2) is 41.8 Å². The van der Waals surface area contributed by atoms with E-state index in [-0.39, 0.29) is 6.61 Å². The molecule has 1 aliphatic rings. The van der Waals surface area contributed by atoms with E-state index < -0.39 is 0 Å². The number of likely N-dealkylation sites (tertiary alicyclic amines) is 1. The first-order valence-electron chi connectivity index (χ1n) is 9.12. The standard InChI is InChI=1S/C22H24N2O2/c1-26-22-7-6-16(13-24-9-8-17(14-24)15-25)10-20(22)19-11-18-4-2-3-5-21(18)23-12-19/h2-7,10-12,17,25H,8-9,13-15H2,1H3. The van der Waals surface area contributed by atoms with Crippen molar-refractivity contribution in [3.05, 3.63) is 60.3 Å². The van der Waals surface area contributed by atoms with Gasteiger partial charge in [-0.3, -0.25) is 9.88 Å². The van der Waals surface area contributed by atoms with Gasteiger partial charge in [0.2, 0.25) is 0 Å². The third-order valence-electron chi connectivity index (χ3n) is 5.20. The van der Waals surface area contributed by atoms with Gasteiger partial charge in [0.25, 0.3) is 0 Å². The largest absolute Gasteiger partial charge is 0.496 e. The predicted octanol–water partition coefficient (Wildman–Crippen LogP) is 3.72. The number of fused-ring (bicyclic) bond motifs is 1. The molecule has 4 rings (SSSR count). The summed E-state index contributed by atoms with van der Waals surface area (Å²) in [6.07, 6.45) is 3.00. The first-order chi connectivity index (χ1) is 12.8. The number of para-hydroxylation sites is 1. The molecule has 2 heterocycles. The number of methoxy groups -OCH3 is 1. The van der Waals surface area contributed by atoms with Gasteiger partial charge in [0.15, 0.2) is 0 Å². The summed E-state index contributed by atoms with van der Waals surface area (Å²) in [4.78, 5) is 7.00. The van der Waals surface area contributed by atoms with E-state index in [9.17, 15) is 5.11 Å². The van der Waals surface area contributed by atoms with Crippen LogP contribution in [0.4, 0.5) is 0 Å². The second-order valence-electron chi connectivity index (χ2n) is 7.02. The van der Waals surface area contributed by atoms with Gasteiger partial charge in [0.05, 0.1) is 12.6 Å². The number of aliphatic hydroxyl groups is 1. The molecule has 26 heavy (non-hydrogen) atoms. The molecule has 134 valence electrons. The van der Waals surface area contributed by atoms with Crippen molar-refractivity contribution in [2.24, 2.45) is 5.92 Å². The summed E-state index contributed by atoms with van der Waals surface area (Å²) in [6.45, 7) is 3.20. The molecule has 0 saturated carbocycles. The highest BCUT2D eigenvalue weighted by Crippen LogP contribution is 2.32. The Morgan fingerprint density at radius 1 is 1.19 bits per heavy atom. The van der Waals surface area contributed by atoms with Gasteiger partial charge >= 0.3 is 0 Å².